The van der Waals surface area contributed by atoms with Gasteiger partial charge in [-0.2, -0.15) is 4.99 Å². The molecule has 0 fully saturated rings. The molecule has 1 aromatic heterocycles. The Morgan fingerprint density at radius 2 is 2.00 bits per heavy atom. The Morgan fingerprint density at radius 3 is 2.72 bits per heavy atom. The Labute approximate surface area is 173 Å². The van der Waals surface area contributed by atoms with Crippen molar-refractivity contribution in [3.8, 4) is 11.4 Å². The molecule has 2 aliphatic rings. The van der Waals surface area contributed by atoms with Crippen molar-refractivity contribution in [2.75, 3.05) is 7.11 Å². The second kappa shape index (κ2) is 6.93. The number of hydroxylamine groups is 2. The number of benzene rings is 1. The second-order valence-electron chi connectivity index (χ2n) is 6.80. The largest absolute Gasteiger partial charge is 0.495 e. The lowest BCUT2D eigenvalue weighted by Gasteiger charge is -2.23. The zero-order valence-corrected chi connectivity index (χ0v) is 17.2. The number of aryl methyl sites for hydroxylation is 1. The molecular weight excluding hydrogens is 392 g/mol. The first-order valence-electron chi connectivity index (χ1n) is 8.93. The highest BCUT2D eigenvalue weighted by Gasteiger charge is 2.34. The number of nitrogens with one attached hydrogen (secondary N) is 1. The van der Waals surface area contributed by atoms with Gasteiger partial charge < -0.3 is 14.1 Å². The third-order valence-electron chi connectivity index (χ3n) is 4.83. The van der Waals surface area contributed by atoms with E-state index in [-0.39, 0.29) is 11.4 Å². The summed E-state index contributed by atoms with van der Waals surface area (Å²) < 4.78 is 7.49. The molecule has 0 bridgehead atoms. The lowest BCUT2D eigenvalue weighted by atomic mass is 10.1. The van der Waals surface area contributed by atoms with Gasteiger partial charge in [-0.1, -0.05) is 11.6 Å². The number of halogens is 1. The highest BCUT2D eigenvalue weighted by Crippen LogP contribution is 2.32. The number of nitrogens with zero attached hydrogens (tertiary/aromatic N) is 3. The van der Waals surface area contributed by atoms with Crippen LogP contribution in [0.15, 0.2) is 46.7 Å². The summed E-state index contributed by atoms with van der Waals surface area (Å²) in [7, 11) is 1.60. The molecule has 0 aliphatic carbocycles. The molecule has 0 saturated heterocycles. The third-order valence-corrected chi connectivity index (χ3v) is 5.07. The summed E-state index contributed by atoms with van der Waals surface area (Å²) in [5.41, 5.74) is 3.56. The summed E-state index contributed by atoms with van der Waals surface area (Å²) >= 11 is 6.20. The Balaban J connectivity index is 1.79. The van der Waals surface area contributed by atoms with Crippen molar-refractivity contribution in [2.45, 2.75) is 20.8 Å². The van der Waals surface area contributed by atoms with Crippen LogP contribution in [0.5, 0.6) is 5.75 Å². The molecule has 148 valence electrons. The Morgan fingerprint density at radius 1 is 1.24 bits per heavy atom. The van der Waals surface area contributed by atoms with Crippen molar-refractivity contribution in [1.82, 2.24) is 9.63 Å². The van der Waals surface area contributed by atoms with Crippen LogP contribution in [0.25, 0.3) is 11.8 Å². The van der Waals surface area contributed by atoms with Gasteiger partial charge in [-0.3, -0.25) is 10.2 Å². The number of methoxy groups -OCH3 is 1. The first-order valence-corrected chi connectivity index (χ1v) is 9.31. The molecule has 2 aromatic rings. The number of hydrogen-bond acceptors (Lipinski definition) is 4. The maximum Gasteiger partial charge on any atom is 0.282 e. The van der Waals surface area contributed by atoms with E-state index in [1.807, 2.05) is 36.6 Å². The topological polar surface area (TPSA) is 79.9 Å². The van der Waals surface area contributed by atoms with E-state index in [9.17, 15) is 4.79 Å². The Bertz CT molecular complexity index is 1160. The number of carbonyl (C=O) groups is 1. The van der Waals surface area contributed by atoms with Gasteiger partial charge in [-0.25, -0.2) is 0 Å². The van der Waals surface area contributed by atoms with Crippen LogP contribution in [-0.2, 0) is 9.63 Å². The average molecular weight is 411 g/mol. The van der Waals surface area contributed by atoms with Crippen LogP contribution in [0.1, 0.15) is 23.9 Å². The van der Waals surface area contributed by atoms with Crippen molar-refractivity contribution in [3.63, 3.8) is 0 Å². The van der Waals surface area contributed by atoms with E-state index >= 15 is 0 Å². The molecule has 0 saturated carbocycles. The molecule has 0 spiro atoms. The van der Waals surface area contributed by atoms with Crippen LogP contribution in [0, 0.1) is 19.3 Å². The summed E-state index contributed by atoms with van der Waals surface area (Å²) in [6, 6.07) is 7.35. The molecule has 1 N–H and O–H groups in total. The number of amides is 1. The lowest BCUT2D eigenvalue weighted by molar-refractivity contribution is -0.114. The van der Waals surface area contributed by atoms with Gasteiger partial charge in [0.2, 0.25) is 0 Å². The van der Waals surface area contributed by atoms with Gasteiger partial charge in [0.05, 0.1) is 18.4 Å². The summed E-state index contributed by atoms with van der Waals surface area (Å²) in [6.07, 6.45) is 3.29. The Hall–Kier alpha value is -3.32. The van der Waals surface area contributed by atoms with Crippen molar-refractivity contribution >= 4 is 35.3 Å². The van der Waals surface area contributed by atoms with Crippen LogP contribution in [-0.4, -0.2) is 34.3 Å². The molecule has 0 atom stereocenters. The van der Waals surface area contributed by atoms with Gasteiger partial charge in [0.25, 0.3) is 5.91 Å². The number of ether oxygens (including phenoxy) is 1. The number of hydrogen-bond donors (Lipinski definition) is 1. The molecule has 2 aliphatic heterocycles. The molecule has 7 nitrogen and oxygen atoms in total. The van der Waals surface area contributed by atoms with Crippen molar-refractivity contribution < 1.29 is 14.4 Å². The molecule has 29 heavy (non-hydrogen) atoms. The molecular formula is C21H19ClN4O3. The normalized spacial score (nSPS) is 17.3. The molecule has 8 heteroatoms. The van der Waals surface area contributed by atoms with Gasteiger partial charge in [0.15, 0.2) is 11.7 Å². The van der Waals surface area contributed by atoms with Gasteiger partial charge in [0.1, 0.15) is 11.5 Å². The molecule has 4 rings (SSSR count). The fourth-order valence-electron chi connectivity index (χ4n) is 3.50. The van der Waals surface area contributed by atoms with Crippen LogP contribution in [0.2, 0.25) is 5.02 Å². The number of aromatic nitrogens is 1. The summed E-state index contributed by atoms with van der Waals surface area (Å²) in [4.78, 5) is 22.0. The predicted molar refractivity (Wildman–Crippen MR) is 112 cm³/mol. The number of rotatable bonds is 3. The number of fused-ring (bicyclic) bond motifs is 1. The number of aliphatic imine (C=N–C) groups is 1. The highest BCUT2D eigenvalue weighted by atomic mass is 35.5. The predicted octanol–water partition coefficient (Wildman–Crippen LogP) is 4.21. The van der Waals surface area contributed by atoms with Gasteiger partial charge in [-0.15, -0.1) is 5.06 Å². The highest BCUT2D eigenvalue weighted by molar-refractivity contribution is 6.32. The van der Waals surface area contributed by atoms with E-state index in [4.69, 9.17) is 26.6 Å². The number of amidine groups is 2. The monoisotopic (exact) mass is 410 g/mol. The summed E-state index contributed by atoms with van der Waals surface area (Å²) in [5, 5.41) is 10.2. The molecule has 0 unspecified atom stereocenters. The smallest absolute Gasteiger partial charge is 0.282 e. The fourth-order valence-corrected chi connectivity index (χ4v) is 3.66. The van der Waals surface area contributed by atoms with Crippen LogP contribution < -0.4 is 4.74 Å². The first kappa shape index (κ1) is 19.0. The van der Waals surface area contributed by atoms with E-state index in [0.717, 1.165) is 22.6 Å². The zero-order valence-electron chi connectivity index (χ0n) is 16.4. The van der Waals surface area contributed by atoms with E-state index in [1.54, 1.807) is 32.3 Å². The van der Waals surface area contributed by atoms with Crippen molar-refractivity contribution in [1.29, 1.82) is 5.41 Å². The summed E-state index contributed by atoms with van der Waals surface area (Å²) in [5.74, 6) is 1.06. The molecule has 1 amide bonds. The van der Waals surface area contributed by atoms with E-state index in [2.05, 4.69) is 4.99 Å². The van der Waals surface area contributed by atoms with Crippen LogP contribution >= 0.6 is 11.6 Å². The van der Waals surface area contributed by atoms with Crippen LogP contribution in [0.3, 0.4) is 0 Å². The quantitative estimate of drug-likeness (QED) is 0.769. The third kappa shape index (κ3) is 3.13. The number of carbonyl (C=O) groups excluding carboxylic acids is 1. The molecule has 3 heterocycles. The minimum atomic E-state index is -0.471. The first-order chi connectivity index (χ1) is 13.8. The number of allylic oxidation sites excluding steroid dienone is 1. The Kier molecular flexibility index (Phi) is 4.55. The summed E-state index contributed by atoms with van der Waals surface area (Å²) in [6.45, 7) is 5.63. The van der Waals surface area contributed by atoms with Gasteiger partial charge in [0, 0.05) is 22.5 Å². The minimum absolute atomic E-state index is 0.0433. The standard InChI is InChI=1S/C21H19ClN4O3/c1-11-7-14(13(3)25(11)17-10-15(22)5-6-18(17)28-4)9-16-20(23)26-19(24-21(16)27)8-12(2)29-26/h5-10,23H,1-4H3/b16-9-,23-20?. The lowest BCUT2D eigenvalue weighted by Crippen LogP contribution is -2.38. The second-order valence-corrected chi connectivity index (χ2v) is 7.24. The minimum Gasteiger partial charge on any atom is -0.495 e. The molecule has 1 aromatic carbocycles. The van der Waals surface area contributed by atoms with Crippen molar-refractivity contribution in [2.24, 2.45) is 4.99 Å². The average Bonchev–Trinajstić information content (AvgIpc) is 3.17. The van der Waals surface area contributed by atoms with Gasteiger partial charge in [-0.05, 0) is 56.7 Å². The van der Waals surface area contributed by atoms with Gasteiger partial charge >= 0.3 is 0 Å². The van der Waals surface area contributed by atoms with E-state index < -0.39 is 5.91 Å². The van der Waals surface area contributed by atoms with E-state index in [1.165, 1.54) is 5.06 Å². The fraction of sp³-hybridized carbons (Fsp3) is 0.190. The zero-order chi connectivity index (χ0) is 20.9. The van der Waals surface area contributed by atoms with E-state index in [0.29, 0.717) is 22.4 Å². The maximum atomic E-state index is 12.5. The maximum absolute atomic E-state index is 12.5. The van der Waals surface area contributed by atoms with Crippen LogP contribution in [0.4, 0.5) is 0 Å². The van der Waals surface area contributed by atoms with Crippen molar-refractivity contribution in [3.05, 3.63) is 63.6 Å². The molecule has 0 radical (unpaired) electrons. The SMILES string of the molecule is COc1ccc(Cl)cc1-n1c(C)cc(/C=C2/C(=N)N3OC(C)=CC3=NC2=O)c1C.